The summed E-state index contributed by atoms with van der Waals surface area (Å²) in [6, 6.07) is 59.7. The molecule has 14 rings (SSSR count). The minimum atomic E-state index is 0. The Morgan fingerprint density at radius 2 is 0.705 bits per heavy atom. The summed E-state index contributed by atoms with van der Waals surface area (Å²) in [7, 11) is 0. The molecule has 6 nitrogen and oxygen atoms in total. The molecule has 14 aromatic rings. The van der Waals surface area contributed by atoms with Crippen molar-refractivity contribution in [2.24, 2.45) is 0 Å². The summed E-state index contributed by atoms with van der Waals surface area (Å²) in [6.45, 7) is 0. The summed E-state index contributed by atoms with van der Waals surface area (Å²) in [5, 5.41) is 14.6. The fourth-order valence-electron chi connectivity index (χ4n) is 9.89. The molecule has 0 atom stereocenters. The second-order valence-corrected chi connectivity index (χ2v) is 15.4. The Kier molecular flexibility index (Phi) is 7.96. The van der Waals surface area contributed by atoms with Gasteiger partial charge < -0.3 is 19.1 Å². The summed E-state index contributed by atoms with van der Waals surface area (Å²) in [6.07, 6.45) is 7.59. The molecule has 0 saturated carbocycles. The van der Waals surface area contributed by atoms with Crippen LogP contribution in [0.25, 0.3) is 120 Å². The number of para-hydroxylation sites is 2. The molecule has 0 fully saturated rings. The standard InChI is InChI=1S/2C27H16N3.Zn/c2*1-2-7-17(8-3-1)30-22-13-12-20-18-9-4-5-10-19(18)21-14-16-29-26(21)24(20)25(22)27-23(30)11-6-15-28-27;/h2*1-16H;/q2*-1;+2. The van der Waals surface area contributed by atoms with Crippen LogP contribution < -0.4 is 9.97 Å². The van der Waals surface area contributed by atoms with E-state index in [0.29, 0.717) is 0 Å². The maximum absolute atomic E-state index is 4.83. The average Bonchev–Trinajstić information content (AvgIpc) is 4.14. The molecule has 0 unspecified atom stereocenters. The van der Waals surface area contributed by atoms with Gasteiger partial charge in [0.1, 0.15) is 0 Å². The van der Waals surface area contributed by atoms with E-state index in [-0.39, 0.29) is 19.5 Å². The Labute approximate surface area is 361 Å². The molecule has 0 aliphatic rings. The van der Waals surface area contributed by atoms with Gasteiger partial charge in [-0.3, -0.25) is 9.97 Å². The minimum Gasteiger partial charge on any atom is -0.663 e. The van der Waals surface area contributed by atoms with Gasteiger partial charge in [-0.25, -0.2) is 0 Å². The first kappa shape index (κ1) is 35.4. The molecule has 0 spiro atoms. The summed E-state index contributed by atoms with van der Waals surface area (Å²) in [5.41, 5.74) is 10.9. The molecule has 6 heterocycles. The van der Waals surface area contributed by atoms with Crippen LogP contribution in [0.5, 0.6) is 0 Å². The second kappa shape index (κ2) is 13.7. The number of rotatable bonds is 2. The third-order valence-corrected chi connectivity index (χ3v) is 12.3. The molecular formula is C54H32N6Zn. The van der Waals surface area contributed by atoms with E-state index in [9.17, 15) is 0 Å². The van der Waals surface area contributed by atoms with Gasteiger partial charge in [0.05, 0.1) is 33.1 Å². The van der Waals surface area contributed by atoms with Crippen molar-refractivity contribution >= 4 is 109 Å². The van der Waals surface area contributed by atoms with Crippen LogP contribution in [-0.2, 0) is 19.5 Å². The molecular weight excluding hydrogens is 798 g/mol. The van der Waals surface area contributed by atoms with Crippen LogP contribution in [0.4, 0.5) is 0 Å². The molecule has 0 aliphatic carbocycles. The van der Waals surface area contributed by atoms with Crippen LogP contribution in [0, 0.1) is 0 Å². The van der Waals surface area contributed by atoms with Crippen molar-refractivity contribution in [3.05, 3.63) is 195 Å². The predicted octanol–water partition coefficient (Wildman–Crippen LogP) is 13.2. The van der Waals surface area contributed by atoms with Crippen molar-refractivity contribution in [2.75, 3.05) is 0 Å². The van der Waals surface area contributed by atoms with E-state index in [1.165, 1.54) is 64.6 Å². The minimum absolute atomic E-state index is 0. The zero-order chi connectivity index (χ0) is 39.3. The van der Waals surface area contributed by atoms with Crippen LogP contribution in [-0.4, -0.2) is 19.1 Å². The average molecular weight is 830 g/mol. The van der Waals surface area contributed by atoms with Crippen LogP contribution in [0.2, 0.25) is 0 Å². The zero-order valence-corrected chi connectivity index (χ0v) is 35.8. The third-order valence-electron chi connectivity index (χ3n) is 12.3. The summed E-state index contributed by atoms with van der Waals surface area (Å²) in [4.78, 5) is 19.3. The fraction of sp³-hybridized carbons (Fsp3) is 0. The Morgan fingerprint density at radius 1 is 0.311 bits per heavy atom. The number of pyridine rings is 2. The summed E-state index contributed by atoms with van der Waals surface area (Å²) >= 11 is 0. The normalized spacial score (nSPS) is 11.8. The van der Waals surface area contributed by atoms with Crippen LogP contribution in [0.3, 0.4) is 0 Å². The number of benzene rings is 8. The smallest absolute Gasteiger partial charge is 0.663 e. The van der Waals surface area contributed by atoms with Gasteiger partial charge in [0, 0.05) is 34.5 Å². The SMILES string of the molecule is [Zn+2].c1ccc(-n2c3cccnc3c3c4c(ccc32)c2ccccc2c2cc[n-]c24)cc1.c1ccc(-n2c3cccnc3c3c4c(ccc32)c2ccccc2c2cc[n-]c24)cc1. The number of aromatic nitrogens is 6. The van der Waals surface area contributed by atoms with Crippen molar-refractivity contribution in [1.82, 2.24) is 29.1 Å². The van der Waals surface area contributed by atoms with Crippen LogP contribution >= 0.6 is 0 Å². The maximum atomic E-state index is 4.83. The van der Waals surface area contributed by atoms with Crippen molar-refractivity contribution in [2.45, 2.75) is 0 Å². The van der Waals surface area contributed by atoms with Gasteiger partial charge in [0.15, 0.2) is 0 Å². The van der Waals surface area contributed by atoms with E-state index >= 15 is 0 Å². The van der Waals surface area contributed by atoms with E-state index < -0.39 is 0 Å². The second-order valence-electron chi connectivity index (χ2n) is 15.4. The van der Waals surface area contributed by atoms with Crippen LogP contribution in [0.1, 0.15) is 0 Å². The topological polar surface area (TPSA) is 63.8 Å². The fourth-order valence-corrected chi connectivity index (χ4v) is 9.89. The monoisotopic (exact) mass is 828 g/mol. The van der Waals surface area contributed by atoms with E-state index in [1.54, 1.807) is 0 Å². The van der Waals surface area contributed by atoms with Gasteiger partial charge in [-0.2, -0.15) is 12.4 Å². The Hall–Kier alpha value is -7.60. The number of nitrogens with zero attached hydrogens (tertiary/aromatic N) is 6. The van der Waals surface area contributed by atoms with Gasteiger partial charge in [-0.15, -0.1) is 11.0 Å². The molecule has 0 radical (unpaired) electrons. The predicted molar refractivity (Wildman–Crippen MR) is 249 cm³/mol. The molecule has 280 valence electrons. The van der Waals surface area contributed by atoms with Crippen molar-refractivity contribution < 1.29 is 19.5 Å². The summed E-state index contributed by atoms with van der Waals surface area (Å²) in [5.74, 6) is 0. The first-order valence-electron chi connectivity index (χ1n) is 20.2. The molecule has 61 heavy (non-hydrogen) atoms. The molecule has 7 heteroatoms. The molecule has 0 amide bonds. The van der Waals surface area contributed by atoms with E-state index in [2.05, 4.69) is 167 Å². The number of fused-ring (bicyclic) bond motifs is 20. The Bertz CT molecular complexity index is 3740. The first-order valence-corrected chi connectivity index (χ1v) is 20.2. The van der Waals surface area contributed by atoms with E-state index in [1.807, 2.05) is 36.9 Å². The maximum Gasteiger partial charge on any atom is 2.00 e. The van der Waals surface area contributed by atoms with Gasteiger partial charge in [-0.05, 0) is 115 Å². The van der Waals surface area contributed by atoms with E-state index in [4.69, 9.17) is 19.9 Å². The quantitative estimate of drug-likeness (QED) is 0.129. The Morgan fingerprint density at radius 3 is 1.13 bits per heavy atom. The zero-order valence-electron chi connectivity index (χ0n) is 32.9. The number of hydrogen-bond acceptors (Lipinski definition) is 2. The van der Waals surface area contributed by atoms with Gasteiger partial charge in [0.25, 0.3) is 0 Å². The van der Waals surface area contributed by atoms with Gasteiger partial charge >= 0.3 is 19.5 Å². The van der Waals surface area contributed by atoms with Crippen LogP contribution in [0.15, 0.2) is 195 Å². The van der Waals surface area contributed by atoms with Gasteiger partial charge in [0.2, 0.25) is 0 Å². The number of hydrogen-bond donors (Lipinski definition) is 0. The third kappa shape index (κ3) is 5.05. The van der Waals surface area contributed by atoms with Crippen molar-refractivity contribution in [3.63, 3.8) is 0 Å². The Balaban J connectivity index is 0.000000129. The molecule has 0 aliphatic heterocycles. The molecule has 6 aromatic heterocycles. The van der Waals surface area contributed by atoms with Crippen molar-refractivity contribution in [3.8, 4) is 11.4 Å². The molecule has 0 N–H and O–H groups in total. The molecule has 0 bridgehead atoms. The summed E-state index contributed by atoms with van der Waals surface area (Å²) < 4.78 is 4.61. The van der Waals surface area contributed by atoms with Gasteiger partial charge in [-0.1, -0.05) is 109 Å². The van der Waals surface area contributed by atoms with E-state index in [0.717, 1.165) is 55.5 Å². The van der Waals surface area contributed by atoms with Crippen molar-refractivity contribution in [1.29, 1.82) is 0 Å². The largest absolute Gasteiger partial charge is 2.00 e. The molecule has 0 saturated heterocycles. The molecule has 8 aromatic carbocycles. The first-order chi connectivity index (χ1) is 29.8.